The van der Waals surface area contributed by atoms with Gasteiger partial charge in [0, 0.05) is 26.7 Å². The van der Waals surface area contributed by atoms with Gasteiger partial charge in [-0.1, -0.05) is 13.3 Å². The van der Waals surface area contributed by atoms with Gasteiger partial charge in [-0.2, -0.15) is 0 Å². The van der Waals surface area contributed by atoms with Crippen molar-refractivity contribution in [2.75, 3.05) is 26.7 Å². The molecule has 15 heavy (non-hydrogen) atoms. The molecule has 88 valence electrons. The summed E-state index contributed by atoms with van der Waals surface area (Å²) in [6, 6.07) is 0. The third-order valence-corrected chi connectivity index (χ3v) is 3.28. The van der Waals surface area contributed by atoms with Crippen LogP contribution < -0.4 is 5.73 Å². The number of methoxy groups -OCH3 is 1. The van der Waals surface area contributed by atoms with E-state index in [4.69, 9.17) is 10.5 Å². The first kappa shape index (κ1) is 12.5. The highest BCUT2D eigenvalue weighted by Crippen LogP contribution is 2.20. The van der Waals surface area contributed by atoms with Gasteiger partial charge in [-0.25, -0.2) is 0 Å². The Bertz CT molecular complexity index is 197. The first-order valence-corrected chi connectivity index (χ1v) is 5.74. The second-order valence-corrected chi connectivity index (χ2v) is 4.14. The van der Waals surface area contributed by atoms with Crippen LogP contribution in [0.3, 0.4) is 0 Å². The summed E-state index contributed by atoms with van der Waals surface area (Å²) < 4.78 is 5.05. The normalized spacial score (nSPS) is 20.3. The quantitative estimate of drug-likeness (QED) is 0.746. The summed E-state index contributed by atoms with van der Waals surface area (Å²) in [6.45, 7) is 4.19. The Morgan fingerprint density at radius 3 is 2.53 bits per heavy atom. The lowest BCUT2D eigenvalue weighted by molar-refractivity contribution is -0.142. The molecule has 0 aliphatic carbocycles. The van der Waals surface area contributed by atoms with E-state index in [9.17, 15) is 4.79 Å². The van der Waals surface area contributed by atoms with Crippen LogP contribution in [0.4, 0.5) is 0 Å². The van der Waals surface area contributed by atoms with E-state index in [1.165, 1.54) is 13.5 Å². The minimum atomic E-state index is -0.455. The summed E-state index contributed by atoms with van der Waals surface area (Å²) in [5.41, 5.74) is 5.47. The molecule has 1 unspecified atom stereocenters. The number of carbonyl (C=O) groups excluding carboxylic acids is 1. The zero-order valence-corrected chi connectivity index (χ0v) is 9.74. The van der Waals surface area contributed by atoms with Gasteiger partial charge < -0.3 is 15.4 Å². The van der Waals surface area contributed by atoms with Gasteiger partial charge >= 0.3 is 0 Å². The molecule has 0 aromatic carbocycles. The van der Waals surface area contributed by atoms with Crippen molar-refractivity contribution in [2.45, 2.75) is 32.3 Å². The first-order valence-electron chi connectivity index (χ1n) is 5.74. The number of amides is 1. The third-order valence-electron chi connectivity index (χ3n) is 3.28. The largest absolute Gasteiger partial charge is 0.370 e. The Morgan fingerprint density at radius 2 is 2.13 bits per heavy atom. The van der Waals surface area contributed by atoms with Crippen LogP contribution in [0.1, 0.15) is 26.2 Å². The average molecular weight is 214 g/mol. The van der Waals surface area contributed by atoms with E-state index in [1.807, 2.05) is 4.90 Å². The van der Waals surface area contributed by atoms with E-state index in [0.717, 1.165) is 31.8 Å². The fourth-order valence-electron chi connectivity index (χ4n) is 2.06. The number of ether oxygens (including phenoxy) is 1. The van der Waals surface area contributed by atoms with Crippen LogP contribution in [0.5, 0.6) is 0 Å². The predicted octanol–water partition coefficient (Wildman–Crippen LogP) is 0.609. The van der Waals surface area contributed by atoms with Crippen molar-refractivity contribution in [2.24, 2.45) is 11.7 Å². The molecule has 0 radical (unpaired) electrons. The second-order valence-electron chi connectivity index (χ2n) is 4.14. The Labute approximate surface area is 91.8 Å². The van der Waals surface area contributed by atoms with Crippen molar-refractivity contribution in [3.8, 4) is 0 Å². The van der Waals surface area contributed by atoms with Crippen molar-refractivity contribution < 1.29 is 9.53 Å². The van der Waals surface area contributed by atoms with E-state index in [1.54, 1.807) is 0 Å². The molecule has 0 aromatic rings. The Balaban J connectivity index is 2.42. The van der Waals surface area contributed by atoms with E-state index in [-0.39, 0.29) is 12.5 Å². The van der Waals surface area contributed by atoms with Crippen molar-refractivity contribution in [3.63, 3.8) is 0 Å². The molecule has 0 saturated carbocycles. The minimum absolute atomic E-state index is 0.0505. The molecule has 4 heteroatoms. The van der Waals surface area contributed by atoms with Crippen molar-refractivity contribution in [1.82, 2.24) is 4.90 Å². The summed E-state index contributed by atoms with van der Waals surface area (Å²) >= 11 is 0. The highest BCUT2D eigenvalue weighted by atomic mass is 16.5. The smallest absolute Gasteiger partial charge is 0.253 e. The summed E-state index contributed by atoms with van der Waals surface area (Å²) in [4.78, 5) is 13.8. The van der Waals surface area contributed by atoms with Gasteiger partial charge in [0.25, 0.3) is 5.91 Å². The van der Waals surface area contributed by atoms with Gasteiger partial charge in [-0.05, 0) is 18.8 Å². The van der Waals surface area contributed by atoms with Crippen molar-refractivity contribution >= 4 is 5.91 Å². The molecular formula is C11H22N2O2. The van der Waals surface area contributed by atoms with E-state index < -0.39 is 6.10 Å². The molecule has 1 rings (SSSR count). The number of piperidine rings is 1. The van der Waals surface area contributed by atoms with Crippen LogP contribution in [-0.2, 0) is 9.53 Å². The molecule has 1 aliphatic rings. The van der Waals surface area contributed by atoms with Crippen LogP contribution in [0.15, 0.2) is 0 Å². The van der Waals surface area contributed by atoms with Gasteiger partial charge in [-0.15, -0.1) is 0 Å². The van der Waals surface area contributed by atoms with Crippen LogP contribution in [-0.4, -0.2) is 43.7 Å². The lowest BCUT2D eigenvalue weighted by Crippen LogP contribution is -2.46. The summed E-state index contributed by atoms with van der Waals surface area (Å²) in [7, 11) is 1.54. The van der Waals surface area contributed by atoms with E-state index >= 15 is 0 Å². The number of carbonyl (C=O) groups is 1. The molecule has 0 aromatic heterocycles. The fourth-order valence-corrected chi connectivity index (χ4v) is 2.06. The Kier molecular flexibility index (Phi) is 5.05. The molecule has 0 bridgehead atoms. The van der Waals surface area contributed by atoms with Gasteiger partial charge in [0.05, 0.1) is 0 Å². The molecule has 1 atom stereocenters. The zero-order valence-electron chi connectivity index (χ0n) is 9.74. The lowest BCUT2D eigenvalue weighted by Gasteiger charge is -2.33. The zero-order chi connectivity index (χ0) is 11.3. The van der Waals surface area contributed by atoms with Gasteiger partial charge in [0.2, 0.25) is 0 Å². The summed E-state index contributed by atoms with van der Waals surface area (Å²) in [5, 5.41) is 0. The van der Waals surface area contributed by atoms with Crippen molar-refractivity contribution in [3.05, 3.63) is 0 Å². The third kappa shape index (κ3) is 3.18. The van der Waals surface area contributed by atoms with E-state index in [2.05, 4.69) is 6.92 Å². The average Bonchev–Trinajstić information content (AvgIpc) is 2.30. The number of likely N-dealkylation sites (tertiary alicyclic amines) is 1. The number of rotatable bonds is 4. The fraction of sp³-hybridized carbons (Fsp3) is 0.909. The molecular weight excluding hydrogens is 192 g/mol. The second kappa shape index (κ2) is 6.08. The predicted molar refractivity (Wildman–Crippen MR) is 59.4 cm³/mol. The van der Waals surface area contributed by atoms with Crippen molar-refractivity contribution in [1.29, 1.82) is 0 Å². The monoisotopic (exact) mass is 214 g/mol. The number of nitrogens with two attached hydrogens (primary N) is 1. The molecule has 1 aliphatic heterocycles. The van der Waals surface area contributed by atoms with Gasteiger partial charge in [0.15, 0.2) is 0 Å². The Hall–Kier alpha value is -0.610. The maximum atomic E-state index is 11.9. The van der Waals surface area contributed by atoms with Crippen LogP contribution >= 0.6 is 0 Å². The molecule has 1 heterocycles. The maximum Gasteiger partial charge on any atom is 0.253 e. The molecule has 1 fully saturated rings. The van der Waals surface area contributed by atoms with Crippen LogP contribution in [0.25, 0.3) is 0 Å². The number of nitrogens with zero attached hydrogens (tertiary/aromatic N) is 1. The molecule has 4 nitrogen and oxygen atoms in total. The summed E-state index contributed by atoms with van der Waals surface area (Å²) in [6.07, 6.45) is 2.99. The number of hydrogen-bond donors (Lipinski definition) is 1. The molecule has 1 saturated heterocycles. The highest BCUT2D eigenvalue weighted by Gasteiger charge is 2.26. The topological polar surface area (TPSA) is 55.6 Å². The number of hydrogen-bond acceptors (Lipinski definition) is 3. The van der Waals surface area contributed by atoms with Crippen LogP contribution in [0.2, 0.25) is 0 Å². The molecule has 0 spiro atoms. The Morgan fingerprint density at radius 1 is 1.53 bits per heavy atom. The first-order chi connectivity index (χ1) is 7.22. The van der Waals surface area contributed by atoms with Gasteiger partial charge in [0.1, 0.15) is 6.10 Å². The highest BCUT2D eigenvalue weighted by molar-refractivity contribution is 5.81. The standard InChI is InChI=1S/C11H22N2O2/c1-3-9-4-6-13(7-5-9)11(14)10(8-12)15-2/h9-10H,3-8,12H2,1-2H3. The maximum absolute atomic E-state index is 11.9. The lowest BCUT2D eigenvalue weighted by atomic mass is 9.94. The molecule has 2 N–H and O–H groups in total. The minimum Gasteiger partial charge on any atom is -0.370 e. The molecule has 1 amide bonds. The van der Waals surface area contributed by atoms with Crippen LogP contribution in [0, 0.1) is 5.92 Å². The SMILES string of the molecule is CCC1CCN(C(=O)C(CN)OC)CC1. The van der Waals surface area contributed by atoms with E-state index in [0.29, 0.717) is 0 Å². The van der Waals surface area contributed by atoms with Gasteiger partial charge in [-0.3, -0.25) is 4.79 Å². The summed E-state index contributed by atoms with van der Waals surface area (Å²) in [5.74, 6) is 0.836.